The molecule has 0 spiro atoms. The number of fused-ring (bicyclic) bond motifs is 1. The van der Waals surface area contributed by atoms with Crippen LogP contribution in [-0.4, -0.2) is 63.7 Å². The molecule has 2 aromatic rings. The van der Waals surface area contributed by atoms with Crippen LogP contribution in [0, 0.1) is 0 Å². The fourth-order valence-electron chi connectivity index (χ4n) is 4.43. The number of hydrogen-bond donors (Lipinski definition) is 1. The van der Waals surface area contributed by atoms with Crippen LogP contribution in [0.5, 0.6) is 11.5 Å². The first-order valence-electron chi connectivity index (χ1n) is 13.3. The summed E-state index contributed by atoms with van der Waals surface area (Å²) < 4.78 is 37.7. The number of nitrogens with zero attached hydrogens (tertiary/aromatic N) is 2. The second kappa shape index (κ2) is 14.4. The lowest BCUT2D eigenvalue weighted by Gasteiger charge is -2.31. The Hall–Kier alpha value is -2.98. The number of rotatable bonds is 14. The summed E-state index contributed by atoms with van der Waals surface area (Å²) in [6, 6.07) is 11.5. The lowest BCUT2D eigenvalue weighted by atomic mass is 10.1. The van der Waals surface area contributed by atoms with E-state index in [4.69, 9.17) is 21.1 Å². The molecule has 0 fully saturated rings. The summed E-state index contributed by atoms with van der Waals surface area (Å²) in [4.78, 5) is 28.1. The molecule has 0 aliphatic carbocycles. The summed E-state index contributed by atoms with van der Waals surface area (Å²) in [7, 11) is -3.63. The summed E-state index contributed by atoms with van der Waals surface area (Å²) >= 11 is 6.39. The minimum Gasteiger partial charge on any atom is -0.486 e. The molecule has 2 amide bonds. The van der Waals surface area contributed by atoms with Crippen LogP contribution in [0.25, 0.3) is 0 Å². The Morgan fingerprint density at radius 3 is 2.44 bits per heavy atom. The molecule has 1 N–H and O–H groups in total. The number of nitrogens with one attached hydrogen (secondary N) is 1. The fourth-order valence-corrected chi connectivity index (χ4v) is 5.58. The molecule has 11 heteroatoms. The Morgan fingerprint density at radius 1 is 1.05 bits per heavy atom. The van der Waals surface area contributed by atoms with E-state index in [-0.39, 0.29) is 37.7 Å². The minimum absolute atomic E-state index is 0.0553. The molecule has 1 atom stereocenters. The Balaban J connectivity index is 1.76. The SMILES string of the molecule is CCCCNC(=O)[C@H](CC)N(Cc1ccccc1Cl)C(=O)CCCN(c1ccc2c(c1)OCCO2)S(C)(=O)=O. The second-order valence-corrected chi connectivity index (χ2v) is 11.8. The van der Waals surface area contributed by atoms with Gasteiger partial charge in [-0.1, -0.05) is 50.1 Å². The van der Waals surface area contributed by atoms with Crippen molar-refractivity contribution < 1.29 is 27.5 Å². The molecular weight excluding hydrogens is 542 g/mol. The molecule has 1 aliphatic rings. The maximum absolute atomic E-state index is 13.6. The van der Waals surface area contributed by atoms with E-state index >= 15 is 0 Å². The molecule has 214 valence electrons. The van der Waals surface area contributed by atoms with Crippen molar-refractivity contribution in [3.63, 3.8) is 0 Å². The monoisotopic (exact) mass is 579 g/mol. The number of carbonyl (C=O) groups is 2. The van der Waals surface area contributed by atoms with E-state index in [0.29, 0.717) is 48.4 Å². The first-order valence-corrected chi connectivity index (χ1v) is 15.6. The molecule has 39 heavy (non-hydrogen) atoms. The van der Waals surface area contributed by atoms with Gasteiger partial charge in [0.2, 0.25) is 21.8 Å². The van der Waals surface area contributed by atoms with Gasteiger partial charge in [-0.15, -0.1) is 0 Å². The normalized spacial score (nSPS) is 13.4. The first-order chi connectivity index (χ1) is 18.7. The van der Waals surface area contributed by atoms with Gasteiger partial charge in [-0.2, -0.15) is 0 Å². The van der Waals surface area contributed by atoms with Gasteiger partial charge < -0.3 is 19.7 Å². The third-order valence-corrected chi connectivity index (χ3v) is 8.04. The quantitative estimate of drug-likeness (QED) is 0.333. The van der Waals surface area contributed by atoms with E-state index in [1.807, 2.05) is 32.0 Å². The summed E-state index contributed by atoms with van der Waals surface area (Å²) in [5, 5.41) is 3.45. The van der Waals surface area contributed by atoms with Gasteiger partial charge in [0, 0.05) is 37.1 Å². The molecule has 0 unspecified atom stereocenters. The lowest BCUT2D eigenvalue weighted by Crippen LogP contribution is -2.49. The van der Waals surface area contributed by atoms with Crippen molar-refractivity contribution in [1.29, 1.82) is 0 Å². The molecule has 1 heterocycles. The second-order valence-electron chi connectivity index (χ2n) is 9.45. The molecule has 3 rings (SSSR count). The third kappa shape index (κ3) is 8.50. The number of ether oxygens (including phenoxy) is 2. The summed E-state index contributed by atoms with van der Waals surface area (Å²) in [6.07, 6.45) is 3.66. The summed E-state index contributed by atoms with van der Waals surface area (Å²) in [6.45, 7) is 5.53. The maximum Gasteiger partial charge on any atom is 0.242 e. The smallest absolute Gasteiger partial charge is 0.242 e. The molecule has 2 aromatic carbocycles. The van der Waals surface area contributed by atoms with Gasteiger partial charge in [-0.25, -0.2) is 8.42 Å². The number of carbonyl (C=O) groups excluding carboxylic acids is 2. The van der Waals surface area contributed by atoms with Gasteiger partial charge in [0.05, 0.1) is 11.9 Å². The fraction of sp³-hybridized carbons (Fsp3) is 0.500. The van der Waals surface area contributed by atoms with Crippen LogP contribution in [0.3, 0.4) is 0 Å². The van der Waals surface area contributed by atoms with Gasteiger partial charge in [0.25, 0.3) is 0 Å². The average molecular weight is 580 g/mol. The van der Waals surface area contributed by atoms with E-state index in [2.05, 4.69) is 5.32 Å². The highest BCUT2D eigenvalue weighted by molar-refractivity contribution is 7.92. The minimum atomic E-state index is -3.63. The van der Waals surface area contributed by atoms with Crippen molar-refractivity contribution >= 4 is 39.1 Å². The van der Waals surface area contributed by atoms with Gasteiger partial charge in [-0.3, -0.25) is 13.9 Å². The van der Waals surface area contributed by atoms with Crippen LogP contribution in [0.4, 0.5) is 5.69 Å². The highest BCUT2D eigenvalue weighted by atomic mass is 35.5. The summed E-state index contributed by atoms with van der Waals surface area (Å²) in [5.74, 6) is 0.587. The predicted molar refractivity (Wildman–Crippen MR) is 153 cm³/mol. The zero-order valence-corrected chi connectivity index (χ0v) is 24.4. The Kier molecular flexibility index (Phi) is 11.3. The molecule has 0 bridgehead atoms. The van der Waals surface area contributed by atoms with Gasteiger partial charge >= 0.3 is 0 Å². The number of sulfonamides is 1. The van der Waals surface area contributed by atoms with E-state index in [0.717, 1.165) is 24.7 Å². The van der Waals surface area contributed by atoms with E-state index in [1.54, 1.807) is 29.2 Å². The topological polar surface area (TPSA) is 105 Å². The van der Waals surface area contributed by atoms with Gasteiger partial charge in [-0.05, 0) is 43.0 Å². The van der Waals surface area contributed by atoms with Gasteiger partial charge in [0.15, 0.2) is 11.5 Å². The number of benzene rings is 2. The Bertz CT molecular complexity index is 1240. The van der Waals surface area contributed by atoms with Crippen molar-refractivity contribution in [3.05, 3.63) is 53.1 Å². The van der Waals surface area contributed by atoms with Crippen molar-refractivity contribution in [2.75, 3.05) is 36.9 Å². The first kappa shape index (κ1) is 30.6. The number of anilines is 1. The number of amides is 2. The third-order valence-electron chi connectivity index (χ3n) is 6.48. The Morgan fingerprint density at radius 2 is 1.77 bits per heavy atom. The molecule has 0 aromatic heterocycles. The van der Waals surface area contributed by atoms with Crippen LogP contribution in [0.2, 0.25) is 5.02 Å². The lowest BCUT2D eigenvalue weighted by molar-refractivity contribution is -0.141. The van der Waals surface area contributed by atoms with Crippen molar-refractivity contribution in [3.8, 4) is 11.5 Å². The van der Waals surface area contributed by atoms with Crippen LogP contribution >= 0.6 is 11.6 Å². The number of hydrogen-bond acceptors (Lipinski definition) is 6. The molecular formula is C28H38ClN3O6S. The van der Waals surface area contributed by atoms with Crippen LogP contribution in [0.15, 0.2) is 42.5 Å². The van der Waals surface area contributed by atoms with Crippen LogP contribution < -0.4 is 19.1 Å². The molecule has 0 saturated carbocycles. The summed E-state index contributed by atoms with van der Waals surface area (Å²) in [5.41, 5.74) is 1.17. The van der Waals surface area contributed by atoms with E-state index in [1.165, 1.54) is 4.31 Å². The van der Waals surface area contributed by atoms with Crippen LogP contribution in [-0.2, 0) is 26.2 Å². The molecule has 9 nitrogen and oxygen atoms in total. The van der Waals surface area contributed by atoms with Crippen LogP contribution in [0.1, 0.15) is 51.5 Å². The van der Waals surface area contributed by atoms with Crippen molar-refractivity contribution in [2.45, 2.75) is 58.5 Å². The standard InChI is InChI=1S/C28H38ClN3O6S/c1-4-6-15-30-28(34)24(5-2)31(20-21-10-7-8-11-23(21)29)27(33)12-9-16-32(39(3,35)36)22-13-14-25-26(19-22)38-18-17-37-25/h7-8,10-11,13-14,19,24H,4-6,9,12,15-18,20H2,1-3H3,(H,30,34)/t24-/m0/s1. The highest BCUT2D eigenvalue weighted by Gasteiger charge is 2.29. The molecule has 1 aliphatic heterocycles. The zero-order valence-electron chi connectivity index (χ0n) is 22.8. The predicted octanol–water partition coefficient (Wildman–Crippen LogP) is 4.38. The molecule has 0 saturated heterocycles. The average Bonchev–Trinajstić information content (AvgIpc) is 2.91. The highest BCUT2D eigenvalue weighted by Crippen LogP contribution is 2.34. The number of unbranched alkanes of at least 4 members (excludes halogenated alkanes) is 1. The van der Waals surface area contributed by atoms with Crippen molar-refractivity contribution in [1.82, 2.24) is 10.2 Å². The number of halogens is 1. The van der Waals surface area contributed by atoms with E-state index in [9.17, 15) is 18.0 Å². The van der Waals surface area contributed by atoms with Crippen molar-refractivity contribution in [2.24, 2.45) is 0 Å². The van der Waals surface area contributed by atoms with E-state index < -0.39 is 16.1 Å². The van der Waals surface area contributed by atoms with Gasteiger partial charge in [0.1, 0.15) is 19.3 Å². The maximum atomic E-state index is 13.6. The Labute approximate surface area is 236 Å². The molecule has 0 radical (unpaired) electrons. The largest absolute Gasteiger partial charge is 0.486 e. The zero-order chi connectivity index (χ0) is 28.4.